The Labute approximate surface area is 189 Å². The average molecular weight is 460 g/mol. The number of nitrogens with zero attached hydrogens (tertiary/aromatic N) is 3. The van der Waals surface area contributed by atoms with Crippen LogP contribution in [0.4, 0.5) is 11.4 Å². The summed E-state index contributed by atoms with van der Waals surface area (Å²) in [6, 6.07) is 11.7. The van der Waals surface area contributed by atoms with Gasteiger partial charge in [0.2, 0.25) is 11.8 Å². The van der Waals surface area contributed by atoms with E-state index in [4.69, 9.17) is 11.6 Å². The predicted molar refractivity (Wildman–Crippen MR) is 122 cm³/mol. The minimum atomic E-state index is -0.226. The zero-order valence-corrected chi connectivity index (χ0v) is 18.6. The lowest BCUT2D eigenvalue weighted by Gasteiger charge is -2.07. The van der Waals surface area contributed by atoms with Gasteiger partial charge in [0.05, 0.1) is 5.75 Å². The van der Waals surface area contributed by atoms with Crippen LogP contribution in [0.3, 0.4) is 0 Å². The molecule has 0 aliphatic rings. The molecule has 0 bridgehead atoms. The van der Waals surface area contributed by atoms with Gasteiger partial charge in [-0.3, -0.25) is 9.59 Å². The molecule has 0 fully saturated rings. The first-order valence-corrected chi connectivity index (χ1v) is 10.8. The number of carbonyl (C=O) groups is 2. The number of thioether (sulfide) groups is 1. The average Bonchev–Trinajstić information content (AvgIpc) is 3.07. The first kappa shape index (κ1) is 22.6. The highest BCUT2D eigenvalue weighted by Gasteiger charge is 2.13. The van der Waals surface area contributed by atoms with Gasteiger partial charge in [-0.1, -0.05) is 35.5 Å². The van der Waals surface area contributed by atoms with Crippen LogP contribution in [-0.4, -0.2) is 37.4 Å². The molecule has 0 atom stereocenters. The van der Waals surface area contributed by atoms with Crippen LogP contribution in [0.15, 0.2) is 47.6 Å². The minimum absolute atomic E-state index is 0.0814. The lowest BCUT2D eigenvalue weighted by Crippen LogP contribution is -2.15. The maximum absolute atomic E-state index is 12.2. The van der Waals surface area contributed by atoms with Crippen molar-refractivity contribution in [1.82, 2.24) is 14.8 Å². The molecule has 31 heavy (non-hydrogen) atoms. The molecule has 0 unspecified atom stereocenters. The monoisotopic (exact) mass is 459 g/mol. The molecule has 2 aromatic carbocycles. The Hall–Kier alpha value is -3.04. The molecule has 0 aliphatic carbocycles. The van der Waals surface area contributed by atoms with Crippen molar-refractivity contribution < 1.29 is 14.7 Å². The molecule has 1 aromatic heterocycles. The van der Waals surface area contributed by atoms with Gasteiger partial charge in [-0.2, -0.15) is 0 Å². The van der Waals surface area contributed by atoms with E-state index in [0.717, 1.165) is 5.56 Å². The van der Waals surface area contributed by atoms with Crippen molar-refractivity contribution in [2.75, 3.05) is 16.4 Å². The first-order valence-electron chi connectivity index (χ1n) is 9.48. The van der Waals surface area contributed by atoms with Crippen LogP contribution in [0, 0.1) is 6.92 Å². The molecular formula is C21H22ClN5O3S. The summed E-state index contributed by atoms with van der Waals surface area (Å²) >= 11 is 7.32. The number of halogens is 1. The second-order valence-electron chi connectivity index (χ2n) is 6.86. The van der Waals surface area contributed by atoms with E-state index in [-0.39, 0.29) is 29.7 Å². The Morgan fingerprint density at radius 2 is 1.84 bits per heavy atom. The highest BCUT2D eigenvalue weighted by molar-refractivity contribution is 7.99. The van der Waals surface area contributed by atoms with Crippen LogP contribution in [0.1, 0.15) is 17.8 Å². The van der Waals surface area contributed by atoms with Crippen molar-refractivity contribution in [3.05, 3.63) is 58.9 Å². The van der Waals surface area contributed by atoms with Gasteiger partial charge in [0.1, 0.15) is 11.6 Å². The summed E-state index contributed by atoms with van der Waals surface area (Å²) in [6.45, 7) is 1.90. The second kappa shape index (κ2) is 10.3. The molecule has 10 heteroatoms. The summed E-state index contributed by atoms with van der Waals surface area (Å²) < 4.78 is 1.77. The quantitative estimate of drug-likeness (QED) is 0.442. The zero-order chi connectivity index (χ0) is 22.4. The van der Waals surface area contributed by atoms with Crippen LogP contribution < -0.4 is 10.6 Å². The molecule has 3 aromatic rings. The molecule has 0 spiro atoms. The van der Waals surface area contributed by atoms with Crippen molar-refractivity contribution >= 4 is 46.6 Å². The molecule has 0 radical (unpaired) electrons. The van der Waals surface area contributed by atoms with Gasteiger partial charge in [-0.25, -0.2) is 0 Å². The SMILES string of the molecule is Cc1ccc(NC(=O)CCc2nnc(SCC(=O)Nc3cccc(O)c3)n2C)cc1Cl. The Kier molecular flexibility index (Phi) is 7.54. The third-order valence-electron chi connectivity index (χ3n) is 4.42. The van der Waals surface area contributed by atoms with Crippen molar-refractivity contribution in [1.29, 1.82) is 0 Å². The van der Waals surface area contributed by atoms with Gasteiger partial charge in [-0.15, -0.1) is 10.2 Å². The van der Waals surface area contributed by atoms with E-state index in [2.05, 4.69) is 20.8 Å². The standard InChI is InChI=1S/C21H22ClN5O3S/c1-13-6-7-15(11-17(13)22)23-19(29)9-8-18-25-26-21(27(18)2)31-12-20(30)24-14-4-3-5-16(28)10-14/h3-7,10-11,28H,8-9,12H2,1-2H3,(H,23,29)(H,24,30). The largest absolute Gasteiger partial charge is 0.508 e. The molecule has 0 saturated heterocycles. The molecule has 1 heterocycles. The van der Waals surface area contributed by atoms with Gasteiger partial charge in [0.25, 0.3) is 0 Å². The number of phenolic OH excluding ortho intramolecular Hbond substituents is 1. The molecule has 8 nitrogen and oxygen atoms in total. The van der Waals surface area contributed by atoms with E-state index < -0.39 is 0 Å². The highest BCUT2D eigenvalue weighted by atomic mass is 35.5. The van der Waals surface area contributed by atoms with Crippen LogP contribution in [0.25, 0.3) is 0 Å². The number of phenols is 1. The van der Waals surface area contributed by atoms with Crippen LogP contribution in [-0.2, 0) is 23.1 Å². The summed E-state index contributed by atoms with van der Waals surface area (Å²) in [6.07, 6.45) is 0.644. The normalized spacial score (nSPS) is 10.7. The van der Waals surface area contributed by atoms with Gasteiger partial charge < -0.3 is 20.3 Å². The van der Waals surface area contributed by atoms with Gasteiger partial charge in [-0.05, 0) is 36.8 Å². The molecule has 3 N–H and O–H groups in total. The number of aromatic hydroxyl groups is 1. The van der Waals surface area contributed by atoms with Gasteiger partial charge in [0.15, 0.2) is 5.16 Å². The maximum Gasteiger partial charge on any atom is 0.234 e. The van der Waals surface area contributed by atoms with Crippen molar-refractivity contribution in [2.45, 2.75) is 24.9 Å². The molecule has 0 saturated carbocycles. The number of aryl methyl sites for hydroxylation is 2. The second-order valence-corrected chi connectivity index (χ2v) is 8.21. The lowest BCUT2D eigenvalue weighted by atomic mass is 10.2. The minimum Gasteiger partial charge on any atom is -0.508 e. The van der Waals surface area contributed by atoms with E-state index in [1.807, 2.05) is 13.0 Å². The van der Waals surface area contributed by atoms with E-state index in [0.29, 0.717) is 33.8 Å². The predicted octanol–water partition coefficient (Wildman–Crippen LogP) is 3.78. The fourth-order valence-corrected chi connectivity index (χ4v) is 3.63. The Bertz CT molecular complexity index is 1100. The first-order chi connectivity index (χ1) is 14.8. The van der Waals surface area contributed by atoms with Crippen LogP contribution >= 0.6 is 23.4 Å². The molecule has 3 rings (SSSR count). The number of amides is 2. The number of carbonyl (C=O) groups excluding carboxylic acids is 2. The van der Waals surface area contributed by atoms with E-state index in [9.17, 15) is 14.7 Å². The maximum atomic E-state index is 12.2. The third-order valence-corrected chi connectivity index (χ3v) is 5.85. The third kappa shape index (κ3) is 6.47. The van der Waals surface area contributed by atoms with Crippen LogP contribution in [0.2, 0.25) is 5.02 Å². The van der Waals surface area contributed by atoms with Crippen molar-refractivity contribution in [2.24, 2.45) is 7.05 Å². The smallest absolute Gasteiger partial charge is 0.234 e. The number of hydrogen-bond acceptors (Lipinski definition) is 6. The number of rotatable bonds is 8. The lowest BCUT2D eigenvalue weighted by molar-refractivity contribution is -0.116. The number of hydrogen-bond donors (Lipinski definition) is 3. The molecule has 0 aliphatic heterocycles. The zero-order valence-electron chi connectivity index (χ0n) is 17.1. The molecule has 162 valence electrons. The Morgan fingerprint density at radius 3 is 2.58 bits per heavy atom. The Balaban J connectivity index is 1.48. The Morgan fingerprint density at radius 1 is 1.10 bits per heavy atom. The van der Waals surface area contributed by atoms with Gasteiger partial charge >= 0.3 is 0 Å². The summed E-state index contributed by atoms with van der Waals surface area (Å²) in [5, 5.41) is 24.4. The topological polar surface area (TPSA) is 109 Å². The number of nitrogens with one attached hydrogen (secondary N) is 2. The summed E-state index contributed by atoms with van der Waals surface area (Å²) in [7, 11) is 1.79. The van der Waals surface area contributed by atoms with Crippen molar-refractivity contribution in [3.63, 3.8) is 0 Å². The fourth-order valence-electron chi connectivity index (χ4n) is 2.72. The van der Waals surface area contributed by atoms with Crippen molar-refractivity contribution in [3.8, 4) is 5.75 Å². The fraction of sp³-hybridized carbons (Fsp3) is 0.238. The summed E-state index contributed by atoms with van der Waals surface area (Å²) in [5.41, 5.74) is 2.11. The molecular weight excluding hydrogens is 438 g/mol. The summed E-state index contributed by atoms with van der Waals surface area (Å²) in [4.78, 5) is 24.3. The highest BCUT2D eigenvalue weighted by Crippen LogP contribution is 2.21. The van der Waals surface area contributed by atoms with Gasteiger partial charge in [0, 0.05) is 42.4 Å². The van der Waals surface area contributed by atoms with Crippen LogP contribution in [0.5, 0.6) is 5.75 Å². The number of aromatic nitrogens is 3. The van der Waals surface area contributed by atoms with E-state index in [1.165, 1.54) is 23.9 Å². The number of anilines is 2. The summed E-state index contributed by atoms with van der Waals surface area (Å²) in [5.74, 6) is 0.487. The molecule has 2 amide bonds. The van der Waals surface area contributed by atoms with E-state index in [1.54, 1.807) is 35.9 Å². The number of benzene rings is 2. The van der Waals surface area contributed by atoms with E-state index >= 15 is 0 Å².